The molecule has 0 radical (unpaired) electrons. The predicted octanol–water partition coefficient (Wildman–Crippen LogP) is 7.31. The van der Waals surface area contributed by atoms with Crippen molar-refractivity contribution in [1.82, 2.24) is 0 Å². The van der Waals surface area contributed by atoms with Crippen LogP contribution in [0.3, 0.4) is 0 Å². The van der Waals surface area contributed by atoms with Crippen molar-refractivity contribution in [3.63, 3.8) is 0 Å². The summed E-state index contributed by atoms with van der Waals surface area (Å²) >= 11 is 0. The minimum Gasteiger partial charge on any atom is -0.311 e. The molecule has 0 saturated heterocycles. The van der Waals surface area contributed by atoms with Gasteiger partial charge in [0, 0.05) is 28.2 Å². The topological polar surface area (TPSA) is 20.3 Å². The van der Waals surface area contributed by atoms with Crippen LogP contribution in [-0.4, -0.2) is 5.78 Å². The SMILES string of the molecule is Cc1ccc(N(c2ccc(C)cc2)c2ccc(C(=O)c3cccc(C)c3)cc2)cc1. The lowest BCUT2D eigenvalue weighted by atomic mass is 10.0. The van der Waals surface area contributed by atoms with Gasteiger partial charge in [-0.25, -0.2) is 0 Å². The Labute approximate surface area is 178 Å². The molecule has 148 valence electrons. The first-order valence-corrected chi connectivity index (χ1v) is 10.2. The average molecular weight is 392 g/mol. The molecule has 0 saturated carbocycles. The minimum atomic E-state index is 0.0440. The molecule has 4 aromatic rings. The monoisotopic (exact) mass is 391 g/mol. The van der Waals surface area contributed by atoms with Crippen molar-refractivity contribution in [1.29, 1.82) is 0 Å². The Morgan fingerprint density at radius 3 is 1.47 bits per heavy atom. The predicted molar refractivity (Wildman–Crippen MR) is 125 cm³/mol. The third kappa shape index (κ3) is 4.18. The second-order valence-electron chi connectivity index (χ2n) is 7.75. The minimum absolute atomic E-state index is 0.0440. The van der Waals surface area contributed by atoms with Gasteiger partial charge in [-0.05, 0) is 75.4 Å². The highest BCUT2D eigenvalue weighted by atomic mass is 16.1. The van der Waals surface area contributed by atoms with E-state index in [2.05, 4.69) is 67.3 Å². The van der Waals surface area contributed by atoms with Crippen LogP contribution in [0.25, 0.3) is 0 Å². The molecule has 0 atom stereocenters. The third-order valence-corrected chi connectivity index (χ3v) is 5.25. The van der Waals surface area contributed by atoms with Crippen molar-refractivity contribution in [3.8, 4) is 0 Å². The molecule has 0 spiro atoms. The zero-order valence-electron chi connectivity index (χ0n) is 17.6. The van der Waals surface area contributed by atoms with E-state index in [-0.39, 0.29) is 5.78 Å². The standard InChI is InChI=1S/C28H25NO/c1-20-7-13-25(14-8-20)29(26-15-9-21(2)10-16-26)27-17-11-23(12-18-27)28(30)24-6-4-5-22(3)19-24/h4-19H,1-3H3. The van der Waals surface area contributed by atoms with Crippen LogP contribution < -0.4 is 4.90 Å². The lowest BCUT2D eigenvalue weighted by Crippen LogP contribution is -2.10. The Balaban J connectivity index is 1.71. The van der Waals surface area contributed by atoms with E-state index in [1.807, 2.05) is 55.5 Å². The number of carbonyl (C=O) groups excluding carboxylic acids is 1. The van der Waals surface area contributed by atoms with E-state index >= 15 is 0 Å². The van der Waals surface area contributed by atoms with Crippen LogP contribution in [0, 0.1) is 20.8 Å². The van der Waals surface area contributed by atoms with Gasteiger partial charge in [0.05, 0.1) is 0 Å². The van der Waals surface area contributed by atoms with Crippen molar-refractivity contribution < 1.29 is 4.79 Å². The maximum atomic E-state index is 12.9. The van der Waals surface area contributed by atoms with E-state index in [4.69, 9.17) is 0 Å². The summed E-state index contributed by atoms with van der Waals surface area (Å²) in [6.07, 6.45) is 0. The van der Waals surface area contributed by atoms with Gasteiger partial charge in [0.2, 0.25) is 0 Å². The molecule has 2 heteroatoms. The zero-order chi connectivity index (χ0) is 21.1. The maximum absolute atomic E-state index is 12.9. The molecule has 0 aliphatic carbocycles. The van der Waals surface area contributed by atoms with Crippen LogP contribution >= 0.6 is 0 Å². The number of carbonyl (C=O) groups is 1. The molecule has 0 N–H and O–H groups in total. The molecule has 0 amide bonds. The van der Waals surface area contributed by atoms with Crippen LogP contribution in [0.5, 0.6) is 0 Å². The first-order valence-electron chi connectivity index (χ1n) is 10.2. The second kappa shape index (κ2) is 8.38. The van der Waals surface area contributed by atoms with Crippen LogP contribution in [0.2, 0.25) is 0 Å². The lowest BCUT2D eigenvalue weighted by molar-refractivity contribution is 0.103. The summed E-state index contributed by atoms with van der Waals surface area (Å²) < 4.78 is 0. The van der Waals surface area contributed by atoms with Gasteiger partial charge in [-0.3, -0.25) is 4.79 Å². The van der Waals surface area contributed by atoms with Crippen LogP contribution in [0.15, 0.2) is 97.1 Å². The van der Waals surface area contributed by atoms with Crippen LogP contribution in [0.4, 0.5) is 17.1 Å². The Hall–Kier alpha value is -3.65. The highest BCUT2D eigenvalue weighted by Crippen LogP contribution is 2.34. The van der Waals surface area contributed by atoms with Gasteiger partial charge < -0.3 is 4.90 Å². The van der Waals surface area contributed by atoms with E-state index in [0.717, 1.165) is 28.2 Å². The van der Waals surface area contributed by atoms with E-state index in [1.165, 1.54) is 11.1 Å². The zero-order valence-corrected chi connectivity index (χ0v) is 17.6. The molecule has 4 rings (SSSR count). The molecule has 0 heterocycles. The van der Waals surface area contributed by atoms with Gasteiger partial charge in [0.15, 0.2) is 5.78 Å². The normalized spacial score (nSPS) is 10.6. The summed E-state index contributed by atoms with van der Waals surface area (Å²) in [6, 6.07) is 32.6. The van der Waals surface area contributed by atoms with Crippen molar-refractivity contribution in [2.75, 3.05) is 4.90 Å². The number of rotatable bonds is 5. The van der Waals surface area contributed by atoms with Gasteiger partial charge in [-0.2, -0.15) is 0 Å². The van der Waals surface area contributed by atoms with Crippen LogP contribution in [0.1, 0.15) is 32.6 Å². The largest absolute Gasteiger partial charge is 0.311 e. The molecular formula is C28H25NO. The van der Waals surface area contributed by atoms with Crippen molar-refractivity contribution >= 4 is 22.8 Å². The van der Waals surface area contributed by atoms with E-state index < -0.39 is 0 Å². The summed E-state index contributed by atoms with van der Waals surface area (Å²) in [5.41, 5.74) is 8.13. The maximum Gasteiger partial charge on any atom is 0.193 e. The van der Waals surface area contributed by atoms with E-state index in [9.17, 15) is 4.79 Å². The second-order valence-corrected chi connectivity index (χ2v) is 7.75. The fourth-order valence-electron chi connectivity index (χ4n) is 3.55. The Morgan fingerprint density at radius 1 is 0.533 bits per heavy atom. The summed E-state index contributed by atoms with van der Waals surface area (Å²) in [4.78, 5) is 15.1. The number of ketones is 1. The average Bonchev–Trinajstić information content (AvgIpc) is 2.76. The first-order chi connectivity index (χ1) is 14.5. The van der Waals surface area contributed by atoms with Gasteiger partial charge in [0.25, 0.3) is 0 Å². The Bertz CT molecular complexity index is 1110. The fraction of sp³-hybridized carbons (Fsp3) is 0.107. The molecule has 0 aromatic heterocycles. The summed E-state index contributed by atoms with van der Waals surface area (Å²) in [5.74, 6) is 0.0440. The molecule has 30 heavy (non-hydrogen) atoms. The van der Waals surface area contributed by atoms with Crippen LogP contribution in [-0.2, 0) is 0 Å². The van der Waals surface area contributed by atoms with E-state index in [1.54, 1.807) is 0 Å². The highest BCUT2D eigenvalue weighted by molar-refractivity contribution is 6.09. The fourth-order valence-corrected chi connectivity index (χ4v) is 3.55. The molecule has 0 aliphatic heterocycles. The Morgan fingerprint density at radius 2 is 1.00 bits per heavy atom. The summed E-state index contributed by atoms with van der Waals surface area (Å²) in [5, 5.41) is 0. The molecule has 0 fully saturated rings. The molecule has 0 unspecified atom stereocenters. The highest BCUT2D eigenvalue weighted by Gasteiger charge is 2.14. The number of hydrogen-bond acceptors (Lipinski definition) is 2. The van der Waals surface area contributed by atoms with Crippen molar-refractivity contribution in [2.24, 2.45) is 0 Å². The Kier molecular flexibility index (Phi) is 5.49. The molecular weight excluding hydrogens is 366 g/mol. The number of anilines is 3. The van der Waals surface area contributed by atoms with Gasteiger partial charge in [-0.15, -0.1) is 0 Å². The number of aryl methyl sites for hydroxylation is 3. The summed E-state index contributed by atoms with van der Waals surface area (Å²) in [6.45, 7) is 6.18. The number of benzene rings is 4. The van der Waals surface area contributed by atoms with Gasteiger partial charge in [0.1, 0.15) is 0 Å². The summed E-state index contributed by atoms with van der Waals surface area (Å²) in [7, 11) is 0. The molecule has 2 nitrogen and oxygen atoms in total. The first kappa shape index (κ1) is 19.7. The quantitative estimate of drug-likeness (QED) is 0.332. The third-order valence-electron chi connectivity index (χ3n) is 5.25. The van der Waals surface area contributed by atoms with Gasteiger partial charge >= 0.3 is 0 Å². The number of hydrogen-bond donors (Lipinski definition) is 0. The van der Waals surface area contributed by atoms with Crippen molar-refractivity contribution in [2.45, 2.75) is 20.8 Å². The lowest BCUT2D eigenvalue weighted by Gasteiger charge is -2.26. The van der Waals surface area contributed by atoms with Gasteiger partial charge in [-0.1, -0.05) is 59.2 Å². The molecule has 0 bridgehead atoms. The van der Waals surface area contributed by atoms with E-state index in [0.29, 0.717) is 5.56 Å². The number of nitrogens with zero attached hydrogens (tertiary/aromatic N) is 1. The molecule has 0 aliphatic rings. The smallest absolute Gasteiger partial charge is 0.193 e. The van der Waals surface area contributed by atoms with Crippen molar-refractivity contribution in [3.05, 3.63) is 125 Å². The molecule has 4 aromatic carbocycles.